The molecule has 0 aliphatic heterocycles. The van der Waals surface area contributed by atoms with Gasteiger partial charge in [-0.1, -0.05) is 61.2 Å². The van der Waals surface area contributed by atoms with Crippen molar-refractivity contribution in [1.82, 2.24) is 5.32 Å². The molecule has 1 aliphatic carbocycles. The van der Waals surface area contributed by atoms with E-state index in [2.05, 4.69) is 24.5 Å². The van der Waals surface area contributed by atoms with E-state index >= 15 is 0 Å². The number of hydrogen-bond donors (Lipinski definition) is 2. The minimum Gasteiger partial charge on any atom is -0.493 e. The van der Waals surface area contributed by atoms with Crippen LogP contribution >= 0.6 is 12.6 Å². The van der Waals surface area contributed by atoms with Crippen molar-refractivity contribution in [2.24, 2.45) is 0 Å². The Morgan fingerprint density at radius 2 is 1.91 bits per heavy atom. The fourth-order valence-electron chi connectivity index (χ4n) is 3.25. The van der Waals surface area contributed by atoms with E-state index in [4.69, 9.17) is 4.74 Å². The first-order valence-electron chi connectivity index (χ1n) is 9.88. The SMILES string of the molecule is C=C1CC(=C(S)c2ccccc2C=C(C#N)C(=O)NCc2ccccc2)C=C(OC)C1=O. The summed E-state index contributed by atoms with van der Waals surface area (Å²) in [5.41, 5.74) is 3.48. The number of ether oxygens (including phenoxy) is 1. The van der Waals surface area contributed by atoms with Gasteiger partial charge < -0.3 is 10.1 Å². The molecular weight excluding hydrogens is 420 g/mol. The average Bonchev–Trinajstić information content (AvgIpc) is 2.83. The number of methoxy groups -OCH3 is 1. The predicted octanol–water partition coefficient (Wildman–Crippen LogP) is 4.61. The number of thiol groups is 1. The van der Waals surface area contributed by atoms with Gasteiger partial charge in [0, 0.05) is 23.4 Å². The molecule has 0 radical (unpaired) electrons. The number of ketones is 1. The zero-order valence-electron chi connectivity index (χ0n) is 17.6. The average molecular weight is 443 g/mol. The first kappa shape index (κ1) is 22.9. The monoisotopic (exact) mass is 442 g/mol. The van der Waals surface area contributed by atoms with Gasteiger partial charge in [0.1, 0.15) is 11.6 Å². The number of nitrogens with one attached hydrogen (secondary N) is 1. The quantitative estimate of drug-likeness (QED) is 0.389. The lowest BCUT2D eigenvalue weighted by atomic mass is 9.92. The Morgan fingerprint density at radius 3 is 2.59 bits per heavy atom. The molecule has 1 aliphatic rings. The van der Waals surface area contributed by atoms with Gasteiger partial charge in [0.05, 0.1) is 7.11 Å². The Bertz CT molecular complexity index is 1200. The van der Waals surface area contributed by atoms with Crippen LogP contribution < -0.4 is 5.32 Å². The number of benzene rings is 2. The summed E-state index contributed by atoms with van der Waals surface area (Å²) in [5, 5.41) is 12.3. The summed E-state index contributed by atoms with van der Waals surface area (Å²) in [4.78, 5) is 25.3. The second-order valence-corrected chi connectivity index (χ2v) is 7.57. The summed E-state index contributed by atoms with van der Waals surface area (Å²) < 4.78 is 5.17. The third-order valence-corrected chi connectivity index (χ3v) is 5.48. The summed E-state index contributed by atoms with van der Waals surface area (Å²) in [6.45, 7) is 4.15. The van der Waals surface area contributed by atoms with Crippen LogP contribution in [0.3, 0.4) is 0 Å². The molecule has 1 N–H and O–H groups in total. The number of Topliss-reactive ketones (excluding diaryl/α,β-unsaturated/α-hetero) is 1. The van der Waals surface area contributed by atoms with Crippen molar-refractivity contribution in [3.63, 3.8) is 0 Å². The summed E-state index contributed by atoms with van der Waals surface area (Å²) >= 11 is 4.69. The Morgan fingerprint density at radius 1 is 1.22 bits per heavy atom. The molecule has 0 bridgehead atoms. The fraction of sp³-hybridized carbons (Fsp3) is 0.115. The van der Waals surface area contributed by atoms with E-state index in [1.165, 1.54) is 13.2 Å². The largest absolute Gasteiger partial charge is 0.493 e. The second kappa shape index (κ2) is 10.5. The van der Waals surface area contributed by atoms with E-state index in [1.54, 1.807) is 12.1 Å². The molecule has 0 heterocycles. The summed E-state index contributed by atoms with van der Waals surface area (Å²) in [6.07, 6.45) is 3.53. The highest BCUT2D eigenvalue weighted by molar-refractivity contribution is 7.90. The number of amides is 1. The lowest BCUT2D eigenvalue weighted by molar-refractivity contribution is -0.117. The molecule has 0 aromatic heterocycles. The molecule has 1 amide bonds. The molecule has 0 atom stereocenters. The van der Waals surface area contributed by atoms with Crippen LogP contribution in [0.5, 0.6) is 0 Å². The fourth-order valence-corrected chi connectivity index (χ4v) is 3.60. The number of nitrogens with zero attached hydrogens (tertiary/aromatic N) is 1. The minimum atomic E-state index is -0.460. The summed E-state index contributed by atoms with van der Waals surface area (Å²) in [6, 6.07) is 18.8. The highest BCUT2D eigenvalue weighted by Gasteiger charge is 2.23. The minimum absolute atomic E-state index is 0.0177. The zero-order valence-corrected chi connectivity index (χ0v) is 18.5. The molecule has 2 aromatic rings. The van der Waals surface area contributed by atoms with Gasteiger partial charge in [-0.2, -0.15) is 5.26 Å². The maximum atomic E-state index is 12.6. The van der Waals surface area contributed by atoms with Gasteiger partial charge in [-0.3, -0.25) is 9.59 Å². The standard InChI is InChI=1S/C26H22N2O3S/c1-17-12-20(14-23(31-2)24(17)29)25(32)22-11-7-6-10-19(22)13-21(15-27)26(30)28-16-18-8-4-3-5-9-18/h3-11,13-14,32H,1,12,16H2,2H3,(H,28,30). The maximum absolute atomic E-state index is 12.6. The lowest BCUT2D eigenvalue weighted by Gasteiger charge is -2.18. The van der Waals surface area contributed by atoms with Crippen molar-refractivity contribution in [3.8, 4) is 6.07 Å². The van der Waals surface area contributed by atoms with Gasteiger partial charge in [-0.05, 0) is 34.4 Å². The highest BCUT2D eigenvalue weighted by atomic mass is 32.1. The zero-order chi connectivity index (χ0) is 23.1. The van der Waals surface area contributed by atoms with Crippen molar-refractivity contribution in [2.45, 2.75) is 13.0 Å². The van der Waals surface area contributed by atoms with E-state index in [0.29, 0.717) is 29.0 Å². The van der Waals surface area contributed by atoms with E-state index in [-0.39, 0.29) is 17.1 Å². The van der Waals surface area contributed by atoms with Crippen LogP contribution in [-0.4, -0.2) is 18.8 Å². The normalized spacial score (nSPS) is 15.5. The Balaban J connectivity index is 1.93. The van der Waals surface area contributed by atoms with Crippen LogP contribution in [-0.2, 0) is 20.9 Å². The van der Waals surface area contributed by atoms with E-state index in [0.717, 1.165) is 16.7 Å². The molecule has 3 rings (SSSR count). The topological polar surface area (TPSA) is 79.2 Å². The van der Waals surface area contributed by atoms with Crippen LogP contribution in [0.4, 0.5) is 0 Å². The van der Waals surface area contributed by atoms with E-state index < -0.39 is 5.91 Å². The molecule has 160 valence electrons. The first-order chi connectivity index (χ1) is 15.4. The smallest absolute Gasteiger partial charge is 0.262 e. The predicted molar refractivity (Wildman–Crippen MR) is 128 cm³/mol. The molecule has 2 aromatic carbocycles. The van der Waals surface area contributed by atoms with Crippen LogP contribution in [0, 0.1) is 11.3 Å². The lowest BCUT2D eigenvalue weighted by Crippen LogP contribution is -2.23. The molecule has 0 fully saturated rings. The number of carbonyl (C=O) groups is 2. The Labute approximate surface area is 192 Å². The third kappa shape index (κ3) is 5.26. The molecule has 0 saturated heterocycles. The van der Waals surface area contributed by atoms with Crippen LogP contribution in [0.25, 0.3) is 11.0 Å². The van der Waals surface area contributed by atoms with E-state index in [9.17, 15) is 14.9 Å². The molecule has 0 saturated carbocycles. The van der Waals surface area contributed by atoms with Crippen molar-refractivity contribution >= 4 is 35.3 Å². The maximum Gasteiger partial charge on any atom is 0.262 e. The second-order valence-electron chi connectivity index (χ2n) is 7.12. The number of hydrogen-bond acceptors (Lipinski definition) is 5. The van der Waals surface area contributed by atoms with Gasteiger partial charge in [-0.25, -0.2) is 0 Å². The summed E-state index contributed by atoms with van der Waals surface area (Å²) in [7, 11) is 1.43. The molecular formula is C26H22N2O3S. The molecule has 5 nitrogen and oxygen atoms in total. The summed E-state index contributed by atoms with van der Waals surface area (Å²) in [5.74, 6) is -0.487. The van der Waals surface area contributed by atoms with Crippen molar-refractivity contribution in [2.75, 3.05) is 7.11 Å². The van der Waals surface area contributed by atoms with Crippen molar-refractivity contribution in [3.05, 3.63) is 106 Å². The molecule has 0 unspecified atom stereocenters. The number of carbonyl (C=O) groups excluding carboxylic acids is 2. The van der Waals surface area contributed by atoms with Gasteiger partial charge in [0.2, 0.25) is 5.78 Å². The highest BCUT2D eigenvalue weighted by Crippen LogP contribution is 2.34. The number of allylic oxidation sites excluding steroid dienone is 3. The Kier molecular flexibility index (Phi) is 7.48. The molecule has 0 spiro atoms. The van der Waals surface area contributed by atoms with Crippen LogP contribution in [0.15, 0.2) is 89.7 Å². The number of nitriles is 1. The number of rotatable bonds is 6. The van der Waals surface area contributed by atoms with Gasteiger partial charge in [0.15, 0.2) is 5.76 Å². The van der Waals surface area contributed by atoms with Crippen LogP contribution in [0.1, 0.15) is 23.1 Å². The van der Waals surface area contributed by atoms with Crippen molar-refractivity contribution in [1.29, 1.82) is 5.26 Å². The van der Waals surface area contributed by atoms with E-state index in [1.807, 2.05) is 54.6 Å². The first-order valence-corrected chi connectivity index (χ1v) is 10.3. The molecule has 6 heteroatoms. The van der Waals surface area contributed by atoms with Gasteiger partial charge >= 0.3 is 0 Å². The van der Waals surface area contributed by atoms with Crippen molar-refractivity contribution < 1.29 is 14.3 Å². The molecule has 32 heavy (non-hydrogen) atoms. The van der Waals surface area contributed by atoms with Crippen LogP contribution in [0.2, 0.25) is 0 Å². The van der Waals surface area contributed by atoms with Gasteiger partial charge in [-0.15, -0.1) is 12.6 Å². The Hall–Kier alpha value is -3.82. The third-order valence-electron chi connectivity index (χ3n) is 4.95. The van der Waals surface area contributed by atoms with Gasteiger partial charge in [0.25, 0.3) is 5.91 Å².